The van der Waals surface area contributed by atoms with Gasteiger partial charge >= 0.3 is 0 Å². The average molecular weight is 644 g/mol. The summed E-state index contributed by atoms with van der Waals surface area (Å²) >= 11 is 0. The summed E-state index contributed by atoms with van der Waals surface area (Å²) < 4.78 is 0. The molecule has 0 aliphatic heterocycles. The molecule has 0 spiro atoms. The highest BCUT2D eigenvalue weighted by atomic mass is 16.3. The SMILES string of the molecule is CNCC(=O)C[C@@H](CC(=O)NC)C(=O)N[C@@H](CO)C(=O)CCC(=O)N[C@@H](CO)C(=O)CCC(=O)N[C@@H](CO)C(=O)CCC(C)=O. The summed E-state index contributed by atoms with van der Waals surface area (Å²) in [7, 11) is 2.88. The summed E-state index contributed by atoms with van der Waals surface area (Å²) in [5.41, 5.74) is 0. The minimum absolute atomic E-state index is 0.0477. The molecule has 0 heterocycles. The van der Waals surface area contributed by atoms with Crippen molar-refractivity contribution in [1.82, 2.24) is 26.6 Å². The number of Topliss-reactive ketones (excluding diaryl/α,β-unsaturated/α-hetero) is 5. The molecule has 0 aromatic heterocycles. The number of ketones is 5. The lowest BCUT2D eigenvalue weighted by Crippen LogP contribution is -2.48. The molecule has 4 atom stereocenters. The molecule has 0 rings (SSSR count). The van der Waals surface area contributed by atoms with Gasteiger partial charge in [0, 0.05) is 58.4 Å². The van der Waals surface area contributed by atoms with Crippen molar-refractivity contribution in [3.05, 3.63) is 0 Å². The van der Waals surface area contributed by atoms with Crippen molar-refractivity contribution in [1.29, 1.82) is 0 Å². The van der Waals surface area contributed by atoms with E-state index in [1.165, 1.54) is 21.0 Å². The van der Waals surface area contributed by atoms with Gasteiger partial charge in [-0.25, -0.2) is 0 Å². The number of hydrogen-bond acceptors (Lipinski definition) is 13. The van der Waals surface area contributed by atoms with Crippen LogP contribution >= 0.6 is 0 Å². The first-order chi connectivity index (χ1) is 21.2. The van der Waals surface area contributed by atoms with Crippen molar-refractivity contribution in [3.8, 4) is 0 Å². The van der Waals surface area contributed by atoms with Crippen molar-refractivity contribution in [3.63, 3.8) is 0 Å². The van der Waals surface area contributed by atoms with Crippen LogP contribution in [0.5, 0.6) is 0 Å². The fourth-order valence-electron chi connectivity index (χ4n) is 3.93. The van der Waals surface area contributed by atoms with E-state index in [4.69, 9.17) is 0 Å². The Bertz CT molecular complexity index is 1080. The predicted octanol–water partition coefficient (Wildman–Crippen LogP) is -4.01. The maximum absolute atomic E-state index is 12.7. The fraction of sp³-hybridized carbons (Fsp3) is 0.679. The molecule has 0 unspecified atom stereocenters. The molecule has 0 saturated carbocycles. The first-order valence-corrected chi connectivity index (χ1v) is 14.4. The number of hydrogen-bond donors (Lipinski definition) is 8. The van der Waals surface area contributed by atoms with Crippen molar-refractivity contribution in [2.45, 2.75) is 76.4 Å². The van der Waals surface area contributed by atoms with Crippen LogP contribution in [0.15, 0.2) is 0 Å². The molecule has 0 aromatic carbocycles. The summed E-state index contributed by atoms with van der Waals surface area (Å²) in [6.45, 7) is -1.12. The second kappa shape index (κ2) is 22.6. The van der Waals surface area contributed by atoms with Crippen LogP contribution < -0.4 is 26.6 Å². The Morgan fingerprint density at radius 2 is 0.978 bits per heavy atom. The molecular formula is C28H45N5O12. The minimum Gasteiger partial charge on any atom is -0.394 e. The zero-order valence-corrected chi connectivity index (χ0v) is 25.8. The number of carbonyl (C=O) groups is 9. The number of carbonyl (C=O) groups excluding carboxylic acids is 9. The van der Waals surface area contributed by atoms with Crippen LogP contribution in [0.1, 0.15) is 58.3 Å². The number of amides is 4. The molecule has 0 radical (unpaired) electrons. The Hall–Kier alpha value is -3.93. The van der Waals surface area contributed by atoms with Gasteiger partial charge in [0.2, 0.25) is 23.6 Å². The summed E-state index contributed by atoms with van der Waals surface area (Å²) in [6.07, 6.45) is -2.71. The van der Waals surface area contributed by atoms with Gasteiger partial charge in [-0.1, -0.05) is 0 Å². The lowest BCUT2D eigenvalue weighted by Gasteiger charge is -2.20. The normalized spacial score (nSPS) is 13.4. The van der Waals surface area contributed by atoms with Gasteiger partial charge in [0.15, 0.2) is 17.3 Å². The van der Waals surface area contributed by atoms with Gasteiger partial charge in [0.25, 0.3) is 0 Å². The topological polar surface area (TPSA) is 274 Å². The first kappa shape index (κ1) is 41.1. The molecule has 0 aliphatic rings. The van der Waals surface area contributed by atoms with E-state index in [9.17, 15) is 58.5 Å². The highest BCUT2D eigenvalue weighted by Gasteiger charge is 2.29. The monoisotopic (exact) mass is 643 g/mol. The third-order valence-electron chi connectivity index (χ3n) is 6.55. The molecule has 8 N–H and O–H groups in total. The molecular weight excluding hydrogens is 598 g/mol. The number of aliphatic hydroxyl groups is 3. The maximum atomic E-state index is 12.7. The van der Waals surface area contributed by atoms with Gasteiger partial charge in [-0.05, 0) is 14.0 Å². The van der Waals surface area contributed by atoms with Crippen molar-refractivity contribution >= 4 is 52.5 Å². The summed E-state index contributed by atoms with van der Waals surface area (Å²) in [5, 5.41) is 40.3. The highest BCUT2D eigenvalue weighted by molar-refractivity contribution is 5.97. The van der Waals surface area contributed by atoms with E-state index < -0.39 is 111 Å². The zero-order valence-electron chi connectivity index (χ0n) is 25.8. The van der Waals surface area contributed by atoms with Gasteiger partial charge in [-0.15, -0.1) is 0 Å². The first-order valence-electron chi connectivity index (χ1n) is 14.4. The Labute approximate surface area is 260 Å². The van der Waals surface area contributed by atoms with Crippen LogP contribution in [-0.4, -0.2) is 126 Å². The molecule has 0 bridgehead atoms. The summed E-state index contributed by atoms with van der Waals surface area (Å²) in [6, 6.07) is -4.11. The lowest BCUT2D eigenvalue weighted by atomic mass is 9.96. The summed E-state index contributed by atoms with van der Waals surface area (Å²) in [5.74, 6) is -6.67. The molecule has 0 aromatic rings. The fourth-order valence-corrected chi connectivity index (χ4v) is 3.93. The van der Waals surface area contributed by atoms with E-state index in [1.54, 1.807) is 0 Å². The molecule has 0 aliphatic carbocycles. The second-order valence-corrected chi connectivity index (χ2v) is 10.3. The van der Waals surface area contributed by atoms with Crippen molar-refractivity contribution < 1.29 is 58.5 Å². The summed E-state index contributed by atoms with van der Waals surface area (Å²) in [4.78, 5) is 109. The van der Waals surface area contributed by atoms with Crippen molar-refractivity contribution in [2.24, 2.45) is 5.92 Å². The number of rotatable bonds is 25. The standard InChI is InChI=1S/C28H45N5O12/c1-16(37)4-5-22(39)19(13-34)31-25(42)8-6-23(40)20(14-35)32-26(43)9-7-24(41)21(15-36)33-28(45)17(11-27(44)30-3)10-18(38)12-29-2/h17,19-21,29,34-36H,4-15H2,1-3H3,(H,30,44)(H,31,42)(H,32,43)(H,33,45)/t17-,19-,20-,21-/m0/s1. The van der Waals surface area contributed by atoms with Gasteiger partial charge in [-0.3, -0.25) is 38.4 Å². The predicted molar refractivity (Wildman–Crippen MR) is 156 cm³/mol. The molecule has 17 nitrogen and oxygen atoms in total. The van der Waals surface area contributed by atoms with Gasteiger partial charge in [0.05, 0.1) is 32.3 Å². The number of likely N-dealkylation sites (N-methyl/N-ethyl adjacent to an activating group) is 1. The van der Waals surface area contributed by atoms with E-state index in [0.717, 1.165) is 0 Å². The van der Waals surface area contributed by atoms with Crippen LogP contribution in [-0.2, 0) is 43.2 Å². The Balaban J connectivity index is 4.96. The van der Waals surface area contributed by atoms with Gasteiger partial charge in [-0.2, -0.15) is 0 Å². The third kappa shape index (κ3) is 17.2. The van der Waals surface area contributed by atoms with E-state index >= 15 is 0 Å². The number of aliphatic hydroxyl groups excluding tert-OH is 3. The molecule has 0 fully saturated rings. The van der Waals surface area contributed by atoms with E-state index in [1.807, 2.05) is 0 Å². The minimum atomic E-state index is -1.44. The van der Waals surface area contributed by atoms with Crippen molar-refractivity contribution in [2.75, 3.05) is 40.5 Å². The van der Waals surface area contributed by atoms with Gasteiger partial charge in [0.1, 0.15) is 29.7 Å². The molecule has 4 amide bonds. The maximum Gasteiger partial charge on any atom is 0.224 e. The highest BCUT2D eigenvalue weighted by Crippen LogP contribution is 2.11. The Morgan fingerprint density at radius 1 is 0.556 bits per heavy atom. The van der Waals surface area contributed by atoms with Crippen LogP contribution in [0.4, 0.5) is 0 Å². The van der Waals surface area contributed by atoms with Gasteiger partial charge < -0.3 is 46.7 Å². The molecule has 45 heavy (non-hydrogen) atoms. The quantitative estimate of drug-likeness (QED) is 0.0471. The van der Waals surface area contributed by atoms with E-state index in [2.05, 4.69) is 26.6 Å². The molecule has 254 valence electrons. The van der Waals surface area contributed by atoms with Crippen LogP contribution in [0, 0.1) is 5.92 Å². The average Bonchev–Trinajstić information content (AvgIpc) is 3.00. The zero-order chi connectivity index (χ0) is 34.5. The van der Waals surface area contributed by atoms with E-state index in [-0.39, 0.29) is 43.8 Å². The van der Waals surface area contributed by atoms with Crippen LogP contribution in [0.2, 0.25) is 0 Å². The van der Waals surface area contributed by atoms with Crippen LogP contribution in [0.25, 0.3) is 0 Å². The Morgan fingerprint density at radius 3 is 1.36 bits per heavy atom. The van der Waals surface area contributed by atoms with E-state index in [0.29, 0.717) is 0 Å². The smallest absolute Gasteiger partial charge is 0.224 e. The lowest BCUT2D eigenvalue weighted by molar-refractivity contribution is -0.135. The Kier molecular flexibility index (Phi) is 20.6. The van der Waals surface area contributed by atoms with Crippen LogP contribution in [0.3, 0.4) is 0 Å². The molecule has 17 heteroatoms. The number of nitrogens with one attached hydrogen (secondary N) is 5. The molecule has 0 saturated heterocycles. The second-order valence-electron chi connectivity index (χ2n) is 10.3. The largest absolute Gasteiger partial charge is 0.394 e. The third-order valence-corrected chi connectivity index (χ3v) is 6.55.